The van der Waals surface area contributed by atoms with E-state index in [-0.39, 0.29) is 22.2 Å². The topological polar surface area (TPSA) is 72.2 Å². The fourth-order valence-corrected chi connectivity index (χ4v) is 3.39. The van der Waals surface area contributed by atoms with Crippen molar-refractivity contribution in [1.29, 1.82) is 0 Å². The number of anilines is 1. The van der Waals surface area contributed by atoms with Gasteiger partial charge in [-0.05, 0) is 50.3 Å². The molecule has 0 bridgehead atoms. The Labute approximate surface area is 120 Å². The second-order valence-corrected chi connectivity index (χ2v) is 7.33. The van der Waals surface area contributed by atoms with Crippen molar-refractivity contribution in [2.75, 3.05) is 5.73 Å². The fraction of sp³-hybridized carbons (Fsp3) is 0.571. The van der Waals surface area contributed by atoms with Crippen LogP contribution in [0.5, 0.6) is 0 Å². The molecule has 6 heteroatoms. The fourth-order valence-electron chi connectivity index (χ4n) is 1.93. The lowest BCUT2D eigenvalue weighted by atomic mass is 10.1. The molecule has 3 N–H and O–H groups in total. The number of halogens is 1. The molecular formula is C14H23FN2O2S. The summed E-state index contributed by atoms with van der Waals surface area (Å²) in [4.78, 5) is -0.383. The third-order valence-corrected chi connectivity index (χ3v) is 4.66. The summed E-state index contributed by atoms with van der Waals surface area (Å²) in [5.41, 5.74) is 6.05. The zero-order valence-electron chi connectivity index (χ0n) is 12.4. The Bertz CT molecular complexity index is 571. The largest absolute Gasteiger partial charge is 0.399 e. The summed E-state index contributed by atoms with van der Waals surface area (Å²) < 4.78 is 40.9. The van der Waals surface area contributed by atoms with Crippen LogP contribution in [0.3, 0.4) is 0 Å². The van der Waals surface area contributed by atoms with Crippen molar-refractivity contribution in [2.24, 2.45) is 5.92 Å². The van der Waals surface area contributed by atoms with Crippen LogP contribution in [0.1, 0.15) is 39.2 Å². The van der Waals surface area contributed by atoms with Crippen LogP contribution >= 0.6 is 0 Å². The zero-order valence-corrected chi connectivity index (χ0v) is 13.2. The van der Waals surface area contributed by atoms with Gasteiger partial charge >= 0.3 is 0 Å². The number of aryl methyl sites for hydroxylation is 1. The molecule has 1 aromatic carbocycles. The molecule has 20 heavy (non-hydrogen) atoms. The van der Waals surface area contributed by atoms with Crippen LogP contribution in [0.25, 0.3) is 0 Å². The molecule has 0 aliphatic carbocycles. The molecule has 0 aliphatic rings. The van der Waals surface area contributed by atoms with E-state index in [0.717, 1.165) is 12.5 Å². The molecule has 1 unspecified atom stereocenters. The lowest BCUT2D eigenvalue weighted by Gasteiger charge is -2.16. The number of hydrogen-bond donors (Lipinski definition) is 2. The van der Waals surface area contributed by atoms with Gasteiger partial charge in [-0.15, -0.1) is 0 Å². The van der Waals surface area contributed by atoms with E-state index in [0.29, 0.717) is 12.3 Å². The van der Waals surface area contributed by atoms with Gasteiger partial charge in [-0.2, -0.15) is 0 Å². The quantitative estimate of drug-likeness (QED) is 0.794. The Balaban J connectivity index is 2.94. The summed E-state index contributed by atoms with van der Waals surface area (Å²) >= 11 is 0. The van der Waals surface area contributed by atoms with E-state index < -0.39 is 15.8 Å². The standard InChI is InChI=1S/C14H23FN2O2S/c1-9(2)5-6-11(4)17-20(18,19)13-8-12(16)7-10(3)14(13)15/h7-9,11,17H,5-6,16H2,1-4H3. The molecule has 0 fully saturated rings. The number of nitrogens with one attached hydrogen (secondary N) is 1. The summed E-state index contributed by atoms with van der Waals surface area (Å²) in [6.45, 7) is 7.41. The van der Waals surface area contributed by atoms with Crippen LogP contribution < -0.4 is 10.5 Å². The van der Waals surface area contributed by atoms with Gasteiger partial charge in [0.2, 0.25) is 10.0 Å². The summed E-state index contributed by atoms with van der Waals surface area (Å²) in [5.74, 6) is -0.254. The highest BCUT2D eigenvalue weighted by molar-refractivity contribution is 7.89. The Kier molecular flexibility index (Phi) is 5.53. The molecule has 114 valence electrons. The van der Waals surface area contributed by atoms with Crippen molar-refractivity contribution in [1.82, 2.24) is 4.72 Å². The first-order chi connectivity index (χ1) is 9.13. The minimum absolute atomic E-state index is 0.222. The highest BCUT2D eigenvalue weighted by atomic mass is 32.2. The molecule has 4 nitrogen and oxygen atoms in total. The predicted molar refractivity (Wildman–Crippen MR) is 79.4 cm³/mol. The van der Waals surface area contributed by atoms with Gasteiger partial charge in [-0.1, -0.05) is 13.8 Å². The van der Waals surface area contributed by atoms with Crippen LogP contribution in [0, 0.1) is 18.7 Å². The molecule has 0 radical (unpaired) electrons. The molecule has 1 atom stereocenters. The van der Waals surface area contributed by atoms with Gasteiger partial charge in [0.05, 0.1) is 0 Å². The van der Waals surface area contributed by atoms with Crippen LogP contribution in [0.2, 0.25) is 0 Å². The minimum atomic E-state index is -3.89. The van der Waals surface area contributed by atoms with Crippen molar-refractivity contribution < 1.29 is 12.8 Å². The summed E-state index contributed by atoms with van der Waals surface area (Å²) in [5, 5.41) is 0. The Morgan fingerprint density at radius 3 is 2.40 bits per heavy atom. The first-order valence-electron chi connectivity index (χ1n) is 6.71. The van der Waals surface area contributed by atoms with Crippen molar-refractivity contribution in [3.8, 4) is 0 Å². The maximum Gasteiger partial charge on any atom is 0.243 e. The second kappa shape index (κ2) is 6.54. The second-order valence-electron chi connectivity index (χ2n) is 5.64. The monoisotopic (exact) mass is 302 g/mol. The molecule has 1 rings (SSSR count). The Morgan fingerprint density at radius 2 is 1.85 bits per heavy atom. The van der Waals surface area contributed by atoms with E-state index in [2.05, 4.69) is 18.6 Å². The minimum Gasteiger partial charge on any atom is -0.399 e. The SMILES string of the molecule is Cc1cc(N)cc(S(=O)(=O)NC(C)CCC(C)C)c1F. The number of benzene rings is 1. The number of nitrogen functional groups attached to an aromatic ring is 1. The molecule has 0 amide bonds. The lowest BCUT2D eigenvalue weighted by molar-refractivity contribution is 0.482. The van der Waals surface area contributed by atoms with E-state index in [1.165, 1.54) is 13.0 Å². The summed E-state index contributed by atoms with van der Waals surface area (Å²) in [6.07, 6.45) is 1.61. The van der Waals surface area contributed by atoms with E-state index >= 15 is 0 Å². The number of nitrogens with two attached hydrogens (primary N) is 1. The van der Waals surface area contributed by atoms with E-state index in [1.807, 2.05) is 0 Å². The Hall–Kier alpha value is -1.14. The van der Waals surface area contributed by atoms with Gasteiger partial charge in [-0.25, -0.2) is 17.5 Å². The maximum absolute atomic E-state index is 14.0. The summed E-state index contributed by atoms with van der Waals surface area (Å²) in [7, 11) is -3.89. The third-order valence-electron chi connectivity index (χ3n) is 3.07. The molecule has 0 saturated carbocycles. The molecule has 0 aliphatic heterocycles. The number of sulfonamides is 1. The molecule has 0 saturated heterocycles. The predicted octanol–water partition coefficient (Wildman–Crippen LogP) is 2.82. The van der Waals surface area contributed by atoms with Gasteiger partial charge in [0.25, 0.3) is 0 Å². The van der Waals surface area contributed by atoms with E-state index in [1.54, 1.807) is 6.92 Å². The highest BCUT2D eigenvalue weighted by Gasteiger charge is 2.23. The highest BCUT2D eigenvalue weighted by Crippen LogP contribution is 2.22. The normalized spacial score (nSPS) is 13.7. The average molecular weight is 302 g/mol. The third kappa shape index (κ3) is 4.45. The van der Waals surface area contributed by atoms with Crippen molar-refractivity contribution >= 4 is 15.7 Å². The molecule has 1 aromatic rings. The maximum atomic E-state index is 14.0. The van der Waals surface area contributed by atoms with Gasteiger partial charge in [0.1, 0.15) is 10.7 Å². The average Bonchev–Trinajstić information content (AvgIpc) is 2.30. The number of hydrogen-bond acceptors (Lipinski definition) is 3. The van der Waals surface area contributed by atoms with Gasteiger partial charge in [-0.3, -0.25) is 0 Å². The van der Waals surface area contributed by atoms with E-state index in [9.17, 15) is 12.8 Å². The van der Waals surface area contributed by atoms with Gasteiger partial charge in [0, 0.05) is 11.7 Å². The molecule has 0 heterocycles. The number of rotatable bonds is 6. The molecule has 0 spiro atoms. The smallest absolute Gasteiger partial charge is 0.243 e. The zero-order chi connectivity index (χ0) is 15.5. The van der Waals surface area contributed by atoms with Gasteiger partial charge in [0.15, 0.2) is 0 Å². The van der Waals surface area contributed by atoms with Crippen molar-refractivity contribution in [3.63, 3.8) is 0 Å². The first kappa shape index (κ1) is 16.9. The summed E-state index contributed by atoms with van der Waals surface area (Å²) in [6, 6.07) is 2.32. The van der Waals surface area contributed by atoms with Crippen molar-refractivity contribution in [3.05, 3.63) is 23.5 Å². The van der Waals surface area contributed by atoms with Crippen LogP contribution in [0.15, 0.2) is 17.0 Å². The first-order valence-corrected chi connectivity index (χ1v) is 8.19. The molecule has 0 aromatic heterocycles. The van der Waals surface area contributed by atoms with Crippen LogP contribution in [0.4, 0.5) is 10.1 Å². The van der Waals surface area contributed by atoms with Crippen LogP contribution in [-0.4, -0.2) is 14.5 Å². The lowest BCUT2D eigenvalue weighted by Crippen LogP contribution is -2.33. The van der Waals surface area contributed by atoms with Crippen molar-refractivity contribution in [2.45, 2.75) is 51.5 Å². The molecular weight excluding hydrogens is 279 g/mol. The van der Waals surface area contributed by atoms with E-state index in [4.69, 9.17) is 5.73 Å². The Morgan fingerprint density at radius 1 is 1.25 bits per heavy atom. The van der Waals surface area contributed by atoms with Gasteiger partial charge < -0.3 is 5.73 Å². The van der Waals surface area contributed by atoms with Crippen LogP contribution in [-0.2, 0) is 10.0 Å².